The van der Waals surface area contributed by atoms with Crippen molar-refractivity contribution in [2.24, 2.45) is 0 Å². The third kappa shape index (κ3) is 8.35. The van der Waals surface area contributed by atoms with Crippen LogP contribution in [0.1, 0.15) is 5.56 Å². The number of carboxylic acids is 1. The molecule has 1 aromatic carbocycles. The number of amides is 1. The van der Waals surface area contributed by atoms with Crippen molar-refractivity contribution in [3.63, 3.8) is 0 Å². The van der Waals surface area contributed by atoms with Gasteiger partial charge in [-0.2, -0.15) is 0 Å². The normalized spacial score (nSPS) is 10.2. The average Bonchev–Trinajstić information content (AvgIpc) is 2.38. The molecule has 0 saturated carbocycles. The van der Waals surface area contributed by atoms with Crippen molar-refractivity contribution in [1.29, 1.82) is 0 Å². The Kier molecular flexibility index (Phi) is 8.57. The van der Waals surface area contributed by atoms with Gasteiger partial charge in [0.2, 0.25) is 5.91 Å². The number of benzene rings is 1. The molecule has 2 N–H and O–H groups in total. The predicted octanol–water partition coefficient (Wildman–Crippen LogP) is 2.51. The average molecular weight is 334 g/mol. The molecule has 0 heterocycles. The molecule has 0 bridgehead atoms. The zero-order valence-electron chi connectivity index (χ0n) is 10.8. The Morgan fingerprint density at radius 3 is 2.75 bits per heavy atom. The number of halogens is 1. The summed E-state index contributed by atoms with van der Waals surface area (Å²) in [5, 5.41) is 11.9. The number of carbonyl (C=O) groups excluding carboxylic acids is 1. The van der Waals surface area contributed by atoms with E-state index in [9.17, 15) is 9.59 Å². The van der Waals surface area contributed by atoms with E-state index < -0.39 is 5.97 Å². The zero-order chi connectivity index (χ0) is 14.8. The van der Waals surface area contributed by atoms with Crippen LogP contribution in [0.25, 0.3) is 0 Å². The van der Waals surface area contributed by atoms with Gasteiger partial charge in [0.1, 0.15) is 0 Å². The molecule has 0 aliphatic heterocycles. The number of thioether (sulfide) groups is 2. The smallest absolute Gasteiger partial charge is 0.313 e. The van der Waals surface area contributed by atoms with Crippen molar-refractivity contribution >= 4 is 47.0 Å². The Labute approximate surface area is 131 Å². The molecule has 0 aliphatic rings. The van der Waals surface area contributed by atoms with Crippen LogP contribution in [0.2, 0.25) is 5.02 Å². The van der Waals surface area contributed by atoms with Crippen LogP contribution in [-0.2, 0) is 15.3 Å². The monoisotopic (exact) mass is 333 g/mol. The van der Waals surface area contributed by atoms with E-state index in [0.717, 1.165) is 11.3 Å². The van der Waals surface area contributed by atoms with Gasteiger partial charge in [0, 0.05) is 23.1 Å². The van der Waals surface area contributed by atoms with E-state index >= 15 is 0 Å². The molecule has 1 amide bonds. The third-order valence-corrected chi connectivity index (χ3v) is 4.37. The Bertz CT molecular complexity index is 457. The van der Waals surface area contributed by atoms with E-state index in [0.29, 0.717) is 23.1 Å². The van der Waals surface area contributed by atoms with Gasteiger partial charge in [-0.15, -0.1) is 23.5 Å². The van der Waals surface area contributed by atoms with Crippen LogP contribution >= 0.6 is 35.1 Å². The van der Waals surface area contributed by atoms with Crippen molar-refractivity contribution in [2.75, 3.05) is 23.8 Å². The van der Waals surface area contributed by atoms with Gasteiger partial charge in [-0.3, -0.25) is 9.59 Å². The van der Waals surface area contributed by atoms with E-state index in [1.165, 1.54) is 23.5 Å². The van der Waals surface area contributed by atoms with Gasteiger partial charge in [-0.25, -0.2) is 0 Å². The van der Waals surface area contributed by atoms with Crippen molar-refractivity contribution < 1.29 is 14.7 Å². The number of carbonyl (C=O) groups is 2. The summed E-state index contributed by atoms with van der Waals surface area (Å²) in [5.74, 6) is 0.931. The molecule has 0 aliphatic carbocycles. The van der Waals surface area contributed by atoms with Gasteiger partial charge in [-0.05, 0) is 17.7 Å². The number of rotatable bonds is 9. The second-order valence-corrected chi connectivity index (χ2v) is 6.45. The highest BCUT2D eigenvalue weighted by Gasteiger charge is 2.02. The van der Waals surface area contributed by atoms with Gasteiger partial charge in [0.15, 0.2) is 0 Å². The van der Waals surface area contributed by atoms with Gasteiger partial charge >= 0.3 is 5.97 Å². The molecule has 0 aromatic heterocycles. The van der Waals surface area contributed by atoms with E-state index in [2.05, 4.69) is 5.32 Å². The minimum atomic E-state index is -0.835. The van der Waals surface area contributed by atoms with Crippen LogP contribution in [0, 0.1) is 0 Å². The third-order valence-electron chi connectivity index (χ3n) is 2.19. The first kappa shape index (κ1) is 17.2. The maximum Gasteiger partial charge on any atom is 0.313 e. The van der Waals surface area contributed by atoms with Crippen LogP contribution in [0.5, 0.6) is 0 Å². The molecule has 0 unspecified atom stereocenters. The topological polar surface area (TPSA) is 66.4 Å². The SMILES string of the molecule is O=C(O)CSCCNC(=O)CSCc1cccc(Cl)c1. The number of aliphatic carboxylic acids is 1. The lowest BCUT2D eigenvalue weighted by Crippen LogP contribution is -2.27. The summed E-state index contributed by atoms with van der Waals surface area (Å²) in [6, 6.07) is 7.56. The van der Waals surface area contributed by atoms with Crippen molar-refractivity contribution in [3.8, 4) is 0 Å². The molecular weight excluding hydrogens is 318 g/mol. The lowest BCUT2D eigenvalue weighted by atomic mass is 10.2. The molecule has 0 spiro atoms. The van der Waals surface area contributed by atoms with E-state index in [1.54, 1.807) is 0 Å². The summed E-state index contributed by atoms with van der Waals surface area (Å²) < 4.78 is 0. The second kappa shape index (κ2) is 9.96. The summed E-state index contributed by atoms with van der Waals surface area (Å²) in [4.78, 5) is 21.8. The van der Waals surface area contributed by atoms with E-state index in [4.69, 9.17) is 16.7 Å². The van der Waals surface area contributed by atoms with Crippen LogP contribution in [0.4, 0.5) is 0 Å². The highest BCUT2D eigenvalue weighted by atomic mass is 35.5. The second-order valence-electron chi connectivity index (χ2n) is 3.92. The number of carboxylic acid groups (broad SMARTS) is 1. The van der Waals surface area contributed by atoms with E-state index in [1.807, 2.05) is 24.3 Å². The largest absolute Gasteiger partial charge is 0.481 e. The Balaban J connectivity index is 2.07. The standard InChI is InChI=1S/C13H16ClNO3S2/c14-11-3-1-2-10(6-11)7-20-8-12(16)15-4-5-19-9-13(17)18/h1-3,6H,4-5,7-9H2,(H,15,16)(H,17,18). The van der Waals surface area contributed by atoms with Gasteiger partial charge in [-0.1, -0.05) is 23.7 Å². The summed E-state index contributed by atoms with van der Waals surface area (Å²) in [5.41, 5.74) is 1.09. The Morgan fingerprint density at radius 1 is 1.25 bits per heavy atom. The Morgan fingerprint density at radius 2 is 2.05 bits per heavy atom. The molecule has 1 rings (SSSR count). The summed E-state index contributed by atoms with van der Waals surface area (Å²) >= 11 is 8.68. The number of hydrogen-bond donors (Lipinski definition) is 2. The molecule has 7 heteroatoms. The minimum absolute atomic E-state index is 0.0343. The molecule has 0 fully saturated rings. The van der Waals surface area contributed by atoms with Crippen LogP contribution in [0.15, 0.2) is 24.3 Å². The fraction of sp³-hybridized carbons (Fsp3) is 0.385. The Hall–Kier alpha value is -0.850. The summed E-state index contributed by atoms with van der Waals surface area (Å²) in [7, 11) is 0. The van der Waals surface area contributed by atoms with Crippen LogP contribution in [0.3, 0.4) is 0 Å². The quantitative estimate of drug-likeness (QED) is 0.680. The molecule has 0 atom stereocenters. The lowest BCUT2D eigenvalue weighted by molar-refractivity contribution is -0.133. The predicted molar refractivity (Wildman–Crippen MR) is 85.6 cm³/mol. The molecule has 0 saturated heterocycles. The maximum absolute atomic E-state index is 11.5. The van der Waals surface area contributed by atoms with Crippen molar-refractivity contribution in [2.45, 2.75) is 5.75 Å². The highest BCUT2D eigenvalue weighted by Crippen LogP contribution is 2.16. The highest BCUT2D eigenvalue weighted by molar-refractivity contribution is 8.00. The minimum Gasteiger partial charge on any atom is -0.481 e. The number of nitrogens with one attached hydrogen (secondary N) is 1. The summed E-state index contributed by atoms with van der Waals surface area (Å²) in [6.07, 6.45) is 0. The lowest BCUT2D eigenvalue weighted by Gasteiger charge is -2.05. The molecular formula is C13H16ClNO3S2. The molecule has 1 aromatic rings. The zero-order valence-corrected chi connectivity index (χ0v) is 13.2. The maximum atomic E-state index is 11.5. The summed E-state index contributed by atoms with van der Waals surface area (Å²) in [6.45, 7) is 0.495. The number of hydrogen-bond acceptors (Lipinski definition) is 4. The van der Waals surface area contributed by atoms with Crippen LogP contribution in [-0.4, -0.2) is 40.8 Å². The van der Waals surface area contributed by atoms with Crippen molar-refractivity contribution in [1.82, 2.24) is 5.32 Å². The van der Waals surface area contributed by atoms with Gasteiger partial charge < -0.3 is 10.4 Å². The molecule has 0 radical (unpaired) electrons. The van der Waals surface area contributed by atoms with Crippen LogP contribution < -0.4 is 5.32 Å². The van der Waals surface area contributed by atoms with Gasteiger partial charge in [0.05, 0.1) is 11.5 Å². The van der Waals surface area contributed by atoms with Gasteiger partial charge in [0.25, 0.3) is 0 Å². The first-order valence-corrected chi connectivity index (χ1v) is 8.65. The first-order valence-electron chi connectivity index (χ1n) is 5.96. The fourth-order valence-electron chi connectivity index (χ4n) is 1.36. The molecule has 110 valence electrons. The van der Waals surface area contributed by atoms with E-state index in [-0.39, 0.29) is 11.7 Å². The van der Waals surface area contributed by atoms with Crippen molar-refractivity contribution in [3.05, 3.63) is 34.9 Å². The first-order chi connectivity index (χ1) is 9.58. The molecule has 4 nitrogen and oxygen atoms in total. The fourth-order valence-corrected chi connectivity index (χ4v) is 2.94. The molecule has 20 heavy (non-hydrogen) atoms.